The molecule has 1 aromatic carbocycles. The molecule has 0 saturated carbocycles. The normalized spacial score (nSPS) is 23.2. The molecule has 4 nitrogen and oxygen atoms in total. The lowest BCUT2D eigenvalue weighted by Gasteiger charge is -2.35. The van der Waals surface area contributed by atoms with E-state index in [-0.39, 0.29) is 5.91 Å². The van der Waals surface area contributed by atoms with E-state index < -0.39 is 0 Å². The first-order valence-electron chi connectivity index (χ1n) is 7.31. The average molecular weight is 271 g/mol. The highest BCUT2D eigenvalue weighted by Crippen LogP contribution is 2.21. The minimum Gasteiger partial charge on any atom is -0.341 e. The van der Waals surface area contributed by atoms with Crippen molar-refractivity contribution >= 4 is 16.9 Å². The lowest BCUT2D eigenvalue weighted by Crippen LogP contribution is -2.43. The van der Waals surface area contributed by atoms with E-state index in [2.05, 4.69) is 18.8 Å². The van der Waals surface area contributed by atoms with E-state index in [0.29, 0.717) is 18.4 Å². The second-order valence-electron chi connectivity index (χ2n) is 6.11. The van der Waals surface area contributed by atoms with Crippen molar-refractivity contribution in [3.63, 3.8) is 0 Å². The first-order chi connectivity index (χ1) is 9.63. The molecule has 1 aliphatic rings. The fourth-order valence-electron chi connectivity index (χ4n) is 3.25. The number of hydrogen-bond donors (Lipinski definition) is 0. The van der Waals surface area contributed by atoms with Crippen LogP contribution >= 0.6 is 0 Å². The molecule has 106 valence electrons. The van der Waals surface area contributed by atoms with Crippen LogP contribution in [-0.4, -0.2) is 33.4 Å². The topological polar surface area (TPSA) is 38.1 Å². The Balaban J connectivity index is 1.75. The fraction of sp³-hybridized carbons (Fsp3) is 0.500. The Morgan fingerprint density at radius 1 is 1.25 bits per heavy atom. The van der Waals surface area contributed by atoms with Crippen molar-refractivity contribution in [1.29, 1.82) is 0 Å². The molecule has 0 aliphatic carbocycles. The number of fused-ring (bicyclic) bond motifs is 1. The number of piperidine rings is 1. The molecule has 1 fully saturated rings. The summed E-state index contributed by atoms with van der Waals surface area (Å²) in [7, 11) is 0. The molecular formula is C16H21N3O. The van der Waals surface area contributed by atoms with Gasteiger partial charge in [0.1, 0.15) is 6.54 Å². The number of hydrogen-bond acceptors (Lipinski definition) is 2. The molecule has 0 bridgehead atoms. The number of carbonyl (C=O) groups is 1. The highest BCUT2D eigenvalue weighted by atomic mass is 16.2. The third-order valence-electron chi connectivity index (χ3n) is 4.05. The minimum atomic E-state index is 0.201. The molecule has 20 heavy (non-hydrogen) atoms. The Kier molecular flexibility index (Phi) is 3.47. The van der Waals surface area contributed by atoms with E-state index in [9.17, 15) is 4.79 Å². The molecule has 0 spiro atoms. The van der Waals surface area contributed by atoms with Gasteiger partial charge in [-0.2, -0.15) is 0 Å². The standard InChI is InChI=1S/C16H21N3O/c1-12-7-13(2)9-18(8-12)16(20)10-19-11-17-14-5-3-4-6-15(14)19/h3-6,11-13H,7-10H2,1-2H3/t12-,13-/m0/s1. The van der Waals surface area contributed by atoms with Gasteiger partial charge >= 0.3 is 0 Å². The van der Waals surface area contributed by atoms with Crippen LogP contribution in [0.2, 0.25) is 0 Å². The number of likely N-dealkylation sites (tertiary alicyclic amines) is 1. The van der Waals surface area contributed by atoms with Crippen LogP contribution in [0, 0.1) is 11.8 Å². The van der Waals surface area contributed by atoms with Crippen molar-refractivity contribution in [2.45, 2.75) is 26.8 Å². The summed E-state index contributed by atoms with van der Waals surface area (Å²) in [6.07, 6.45) is 2.98. The second kappa shape index (κ2) is 5.27. The maximum absolute atomic E-state index is 12.5. The van der Waals surface area contributed by atoms with Crippen LogP contribution in [0.1, 0.15) is 20.3 Å². The summed E-state index contributed by atoms with van der Waals surface area (Å²) >= 11 is 0. The third kappa shape index (κ3) is 2.55. The number of imidazole rings is 1. The van der Waals surface area contributed by atoms with Crippen LogP contribution < -0.4 is 0 Å². The summed E-state index contributed by atoms with van der Waals surface area (Å²) in [4.78, 5) is 18.8. The maximum atomic E-state index is 12.5. The molecule has 1 aromatic heterocycles. The van der Waals surface area contributed by atoms with E-state index in [1.807, 2.05) is 33.7 Å². The van der Waals surface area contributed by atoms with Crippen LogP contribution in [0.3, 0.4) is 0 Å². The van der Waals surface area contributed by atoms with Gasteiger partial charge in [0.05, 0.1) is 17.4 Å². The van der Waals surface area contributed by atoms with Crippen LogP contribution in [0.25, 0.3) is 11.0 Å². The first-order valence-corrected chi connectivity index (χ1v) is 7.31. The number of nitrogens with zero attached hydrogens (tertiary/aromatic N) is 3. The Morgan fingerprint density at radius 3 is 2.70 bits per heavy atom. The predicted molar refractivity (Wildman–Crippen MR) is 79.3 cm³/mol. The number of carbonyl (C=O) groups excluding carboxylic acids is 1. The molecule has 0 radical (unpaired) electrons. The first kappa shape index (κ1) is 13.2. The van der Waals surface area contributed by atoms with Gasteiger partial charge in [-0.05, 0) is 30.4 Å². The van der Waals surface area contributed by atoms with Crippen LogP contribution in [0.5, 0.6) is 0 Å². The molecule has 1 aliphatic heterocycles. The number of para-hydroxylation sites is 2. The number of amides is 1. The van der Waals surface area contributed by atoms with Crippen LogP contribution in [0.15, 0.2) is 30.6 Å². The zero-order chi connectivity index (χ0) is 14.1. The molecular weight excluding hydrogens is 250 g/mol. The number of benzene rings is 1. The van der Waals surface area contributed by atoms with Gasteiger partial charge in [0.2, 0.25) is 5.91 Å². The monoisotopic (exact) mass is 271 g/mol. The van der Waals surface area contributed by atoms with Crippen molar-refractivity contribution in [3.8, 4) is 0 Å². The van der Waals surface area contributed by atoms with Crippen molar-refractivity contribution in [2.75, 3.05) is 13.1 Å². The summed E-state index contributed by atoms with van der Waals surface area (Å²) in [6.45, 7) is 6.61. The van der Waals surface area contributed by atoms with Gasteiger partial charge in [0.25, 0.3) is 0 Å². The average Bonchev–Trinajstić information content (AvgIpc) is 2.81. The molecule has 1 saturated heterocycles. The fourth-order valence-corrected chi connectivity index (χ4v) is 3.25. The Labute approximate surface area is 119 Å². The second-order valence-corrected chi connectivity index (χ2v) is 6.11. The van der Waals surface area contributed by atoms with Gasteiger partial charge in [0.15, 0.2) is 0 Å². The molecule has 4 heteroatoms. The third-order valence-corrected chi connectivity index (χ3v) is 4.05. The predicted octanol–water partition coefficient (Wildman–Crippen LogP) is 2.54. The highest BCUT2D eigenvalue weighted by molar-refractivity contribution is 5.80. The number of aromatic nitrogens is 2. The van der Waals surface area contributed by atoms with Gasteiger partial charge in [-0.3, -0.25) is 4.79 Å². The van der Waals surface area contributed by atoms with Gasteiger partial charge in [-0.15, -0.1) is 0 Å². The van der Waals surface area contributed by atoms with Gasteiger partial charge in [-0.25, -0.2) is 4.98 Å². The number of rotatable bonds is 2. The highest BCUT2D eigenvalue weighted by Gasteiger charge is 2.25. The molecule has 2 heterocycles. The molecule has 0 unspecified atom stereocenters. The molecule has 0 N–H and O–H groups in total. The van der Waals surface area contributed by atoms with E-state index >= 15 is 0 Å². The largest absolute Gasteiger partial charge is 0.341 e. The van der Waals surface area contributed by atoms with Crippen molar-refractivity contribution in [2.24, 2.45) is 11.8 Å². The quantitative estimate of drug-likeness (QED) is 0.842. The van der Waals surface area contributed by atoms with E-state index in [1.54, 1.807) is 6.33 Å². The van der Waals surface area contributed by atoms with Gasteiger partial charge in [-0.1, -0.05) is 26.0 Å². The van der Waals surface area contributed by atoms with Crippen LogP contribution in [-0.2, 0) is 11.3 Å². The van der Waals surface area contributed by atoms with Crippen molar-refractivity contribution in [3.05, 3.63) is 30.6 Å². The summed E-state index contributed by atoms with van der Waals surface area (Å²) in [5.74, 6) is 1.40. The van der Waals surface area contributed by atoms with E-state index in [4.69, 9.17) is 0 Å². The van der Waals surface area contributed by atoms with Crippen LogP contribution in [0.4, 0.5) is 0 Å². The van der Waals surface area contributed by atoms with E-state index in [1.165, 1.54) is 6.42 Å². The maximum Gasteiger partial charge on any atom is 0.242 e. The minimum absolute atomic E-state index is 0.201. The summed E-state index contributed by atoms with van der Waals surface area (Å²) < 4.78 is 1.95. The zero-order valence-electron chi connectivity index (χ0n) is 12.1. The Morgan fingerprint density at radius 2 is 1.95 bits per heavy atom. The molecule has 3 rings (SSSR count). The van der Waals surface area contributed by atoms with Crippen molar-refractivity contribution in [1.82, 2.24) is 14.5 Å². The summed E-state index contributed by atoms with van der Waals surface area (Å²) in [5.41, 5.74) is 1.97. The molecule has 2 aromatic rings. The lowest BCUT2D eigenvalue weighted by molar-refractivity contribution is -0.134. The van der Waals surface area contributed by atoms with Crippen molar-refractivity contribution < 1.29 is 4.79 Å². The SMILES string of the molecule is C[C@H]1C[C@H](C)CN(C(=O)Cn2cnc3ccccc32)C1. The smallest absolute Gasteiger partial charge is 0.242 e. The summed E-state index contributed by atoms with van der Waals surface area (Å²) in [6, 6.07) is 7.93. The lowest BCUT2D eigenvalue weighted by atomic mass is 9.92. The molecule has 1 amide bonds. The van der Waals surface area contributed by atoms with Gasteiger partial charge < -0.3 is 9.47 Å². The Bertz CT molecular complexity index is 609. The van der Waals surface area contributed by atoms with E-state index in [0.717, 1.165) is 24.1 Å². The molecule has 2 atom stereocenters. The zero-order valence-corrected chi connectivity index (χ0v) is 12.1. The van der Waals surface area contributed by atoms with Gasteiger partial charge in [0, 0.05) is 13.1 Å². The Hall–Kier alpha value is -1.84. The summed E-state index contributed by atoms with van der Waals surface area (Å²) in [5, 5.41) is 0.